The third-order valence-corrected chi connectivity index (χ3v) is 5.24. The topological polar surface area (TPSA) is 63.2 Å². The fourth-order valence-corrected chi connectivity index (χ4v) is 3.43. The number of rotatable bonds is 5. The standard InChI is InChI=1S/C16H10F7NO3S/c17-11-10(16(21,22)23)12(18)14(20)15(13(11)19)24-9(25)6-7-28(26,27)8-4-2-1-3-5-8/h1-5H,6-7H2,(H,24,25). The van der Waals surface area contributed by atoms with Crippen molar-refractivity contribution in [2.75, 3.05) is 11.1 Å². The van der Waals surface area contributed by atoms with Crippen molar-refractivity contribution in [3.05, 3.63) is 59.2 Å². The summed E-state index contributed by atoms with van der Waals surface area (Å²) in [6.07, 6.45) is -6.59. The fourth-order valence-electron chi connectivity index (χ4n) is 2.16. The van der Waals surface area contributed by atoms with Gasteiger partial charge in [0.25, 0.3) is 0 Å². The molecule has 0 saturated heterocycles. The predicted molar refractivity (Wildman–Crippen MR) is 83.0 cm³/mol. The number of sulfone groups is 1. The van der Waals surface area contributed by atoms with Gasteiger partial charge >= 0.3 is 6.18 Å². The van der Waals surface area contributed by atoms with Crippen LogP contribution in [-0.4, -0.2) is 20.1 Å². The number of amides is 1. The second-order valence-electron chi connectivity index (χ2n) is 5.43. The van der Waals surface area contributed by atoms with Crippen LogP contribution in [0, 0.1) is 23.3 Å². The molecule has 0 radical (unpaired) electrons. The number of hydrogen-bond donors (Lipinski definition) is 1. The minimum Gasteiger partial charge on any atom is -0.321 e. The molecule has 0 fully saturated rings. The number of hydrogen-bond acceptors (Lipinski definition) is 3. The molecule has 0 spiro atoms. The van der Waals surface area contributed by atoms with E-state index in [2.05, 4.69) is 0 Å². The second kappa shape index (κ2) is 7.78. The average Bonchev–Trinajstić information content (AvgIpc) is 2.62. The van der Waals surface area contributed by atoms with Gasteiger partial charge in [-0.3, -0.25) is 4.79 Å². The van der Waals surface area contributed by atoms with Crippen molar-refractivity contribution in [2.24, 2.45) is 0 Å². The lowest BCUT2D eigenvalue weighted by atomic mass is 10.1. The van der Waals surface area contributed by atoms with E-state index in [1.54, 1.807) is 0 Å². The first-order valence-electron chi connectivity index (χ1n) is 7.37. The average molecular weight is 429 g/mol. The van der Waals surface area contributed by atoms with Crippen LogP contribution in [0.25, 0.3) is 0 Å². The Morgan fingerprint density at radius 2 is 1.39 bits per heavy atom. The summed E-state index contributed by atoms with van der Waals surface area (Å²) in [6.45, 7) is 0. The summed E-state index contributed by atoms with van der Waals surface area (Å²) >= 11 is 0. The maximum absolute atomic E-state index is 13.7. The Bertz CT molecular complexity index is 976. The van der Waals surface area contributed by atoms with Crippen LogP contribution in [0.15, 0.2) is 35.2 Å². The molecule has 0 aromatic heterocycles. The van der Waals surface area contributed by atoms with Crippen LogP contribution < -0.4 is 5.32 Å². The van der Waals surface area contributed by atoms with E-state index in [1.165, 1.54) is 35.6 Å². The van der Waals surface area contributed by atoms with Crippen molar-refractivity contribution in [3.63, 3.8) is 0 Å². The molecule has 2 rings (SSSR count). The van der Waals surface area contributed by atoms with Gasteiger partial charge in [0.2, 0.25) is 5.91 Å². The highest BCUT2D eigenvalue weighted by Crippen LogP contribution is 2.38. The van der Waals surface area contributed by atoms with E-state index in [0.717, 1.165) is 0 Å². The Morgan fingerprint density at radius 3 is 1.86 bits per heavy atom. The lowest BCUT2D eigenvalue weighted by Crippen LogP contribution is -2.22. The van der Waals surface area contributed by atoms with Crippen LogP contribution in [0.3, 0.4) is 0 Å². The van der Waals surface area contributed by atoms with Crippen molar-refractivity contribution in [3.8, 4) is 0 Å². The smallest absolute Gasteiger partial charge is 0.321 e. The van der Waals surface area contributed by atoms with E-state index in [4.69, 9.17) is 0 Å². The molecule has 1 N–H and O–H groups in total. The number of anilines is 1. The predicted octanol–water partition coefficient (Wildman–Crippen LogP) is 4.06. The Balaban J connectivity index is 2.23. The minimum atomic E-state index is -5.72. The van der Waals surface area contributed by atoms with Crippen molar-refractivity contribution < 1.29 is 43.9 Å². The highest BCUT2D eigenvalue weighted by Gasteiger charge is 2.42. The van der Waals surface area contributed by atoms with E-state index < -0.39 is 68.6 Å². The molecule has 12 heteroatoms. The quantitative estimate of drug-likeness (QED) is 0.576. The number of halogens is 7. The lowest BCUT2D eigenvalue weighted by Gasteiger charge is -2.14. The molecular weight excluding hydrogens is 419 g/mol. The van der Waals surface area contributed by atoms with E-state index in [-0.39, 0.29) is 4.90 Å². The molecule has 0 unspecified atom stereocenters. The van der Waals surface area contributed by atoms with Gasteiger partial charge in [0.05, 0.1) is 10.6 Å². The van der Waals surface area contributed by atoms with Crippen LogP contribution in [0.5, 0.6) is 0 Å². The molecule has 4 nitrogen and oxygen atoms in total. The zero-order valence-electron chi connectivity index (χ0n) is 13.6. The number of alkyl halides is 3. The molecule has 0 aliphatic carbocycles. The van der Waals surface area contributed by atoms with Gasteiger partial charge in [0.1, 0.15) is 11.3 Å². The maximum atomic E-state index is 13.7. The molecule has 0 saturated carbocycles. The maximum Gasteiger partial charge on any atom is 0.422 e. The van der Waals surface area contributed by atoms with Crippen molar-refractivity contribution in [1.29, 1.82) is 0 Å². The van der Waals surface area contributed by atoms with E-state index in [9.17, 15) is 43.9 Å². The Labute approximate surface area is 153 Å². The fraction of sp³-hybridized carbons (Fsp3) is 0.188. The zero-order valence-corrected chi connectivity index (χ0v) is 14.4. The first kappa shape index (κ1) is 21.7. The Kier molecular flexibility index (Phi) is 6.02. The van der Waals surface area contributed by atoms with Gasteiger partial charge in [-0.05, 0) is 12.1 Å². The van der Waals surface area contributed by atoms with Gasteiger partial charge in [0.15, 0.2) is 33.1 Å². The van der Waals surface area contributed by atoms with Crippen LogP contribution in [-0.2, 0) is 20.8 Å². The van der Waals surface area contributed by atoms with Crippen LogP contribution in [0.1, 0.15) is 12.0 Å². The summed E-state index contributed by atoms with van der Waals surface area (Å²) in [7, 11) is -3.96. The summed E-state index contributed by atoms with van der Waals surface area (Å²) in [5.41, 5.74) is -4.57. The van der Waals surface area contributed by atoms with Crippen molar-refractivity contribution >= 4 is 21.4 Å². The van der Waals surface area contributed by atoms with Gasteiger partial charge in [-0.1, -0.05) is 18.2 Å². The van der Waals surface area contributed by atoms with Gasteiger partial charge in [-0.25, -0.2) is 26.0 Å². The van der Waals surface area contributed by atoms with Crippen molar-refractivity contribution in [2.45, 2.75) is 17.5 Å². The molecule has 28 heavy (non-hydrogen) atoms. The summed E-state index contributed by atoms with van der Waals surface area (Å²) in [6, 6.07) is 6.81. The largest absolute Gasteiger partial charge is 0.422 e. The lowest BCUT2D eigenvalue weighted by molar-refractivity contribution is -0.143. The SMILES string of the molecule is O=C(CCS(=O)(=O)c1ccccc1)Nc1c(F)c(F)c(C(F)(F)F)c(F)c1F. The number of carbonyl (C=O) groups is 1. The van der Waals surface area contributed by atoms with Crippen LogP contribution in [0.4, 0.5) is 36.4 Å². The zero-order chi connectivity index (χ0) is 21.3. The first-order chi connectivity index (χ1) is 12.9. The number of carbonyl (C=O) groups excluding carboxylic acids is 1. The second-order valence-corrected chi connectivity index (χ2v) is 7.54. The Morgan fingerprint density at radius 1 is 0.893 bits per heavy atom. The monoisotopic (exact) mass is 429 g/mol. The third-order valence-electron chi connectivity index (χ3n) is 3.51. The highest BCUT2D eigenvalue weighted by atomic mass is 32.2. The minimum absolute atomic E-state index is 0.146. The molecule has 2 aromatic carbocycles. The first-order valence-corrected chi connectivity index (χ1v) is 9.02. The Hall–Kier alpha value is -2.63. The van der Waals surface area contributed by atoms with E-state index in [0.29, 0.717) is 0 Å². The van der Waals surface area contributed by atoms with Crippen molar-refractivity contribution in [1.82, 2.24) is 0 Å². The molecule has 0 bridgehead atoms. The molecule has 0 aliphatic rings. The molecule has 0 atom stereocenters. The number of nitrogens with one attached hydrogen (secondary N) is 1. The summed E-state index contributed by atoms with van der Waals surface area (Å²) in [5.74, 6) is -12.6. The highest BCUT2D eigenvalue weighted by molar-refractivity contribution is 7.91. The molecule has 0 heterocycles. The van der Waals surface area contributed by atoms with Crippen LogP contribution >= 0.6 is 0 Å². The molecule has 0 aliphatic heterocycles. The normalized spacial score (nSPS) is 12.1. The van der Waals surface area contributed by atoms with Gasteiger partial charge < -0.3 is 5.32 Å². The molecule has 2 aromatic rings. The van der Waals surface area contributed by atoms with Gasteiger partial charge in [0, 0.05) is 6.42 Å². The molecule has 152 valence electrons. The van der Waals surface area contributed by atoms with E-state index >= 15 is 0 Å². The van der Waals surface area contributed by atoms with Gasteiger partial charge in [-0.15, -0.1) is 0 Å². The summed E-state index contributed by atoms with van der Waals surface area (Å²) in [5, 5.41) is 1.36. The summed E-state index contributed by atoms with van der Waals surface area (Å²) < 4.78 is 116. The van der Waals surface area contributed by atoms with Gasteiger partial charge in [-0.2, -0.15) is 13.2 Å². The third kappa shape index (κ3) is 4.43. The van der Waals surface area contributed by atoms with Crippen LogP contribution in [0.2, 0.25) is 0 Å². The van der Waals surface area contributed by atoms with E-state index in [1.807, 2.05) is 0 Å². The molecular formula is C16H10F7NO3S. The molecule has 1 amide bonds. The number of benzene rings is 2. The summed E-state index contributed by atoms with van der Waals surface area (Å²) in [4.78, 5) is 11.6.